The Morgan fingerprint density at radius 3 is 2.46 bits per heavy atom. The minimum Gasteiger partial charge on any atom is -0.361 e. The number of amides is 2. The van der Waals surface area contributed by atoms with Crippen molar-refractivity contribution in [1.29, 1.82) is 0 Å². The molecule has 156 valence electrons. The van der Waals surface area contributed by atoms with Crippen LogP contribution in [0.2, 0.25) is 0 Å². The Kier molecular flexibility index (Phi) is 5.84. The lowest BCUT2D eigenvalue weighted by Crippen LogP contribution is -2.56. The second kappa shape index (κ2) is 7.85. The van der Waals surface area contributed by atoms with Gasteiger partial charge in [-0.05, 0) is 19.3 Å². The summed E-state index contributed by atoms with van der Waals surface area (Å²) in [5, 5.41) is 4.02. The topological polar surface area (TPSA) is 101 Å². The molecular weight excluding hydrogens is 382 g/mol. The number of urea groups is 1. The van der Waals surface area contributed by atoms with Gasteiger partial charge in [-0.2, -0.15) is 0 Å². The Labute approximate surface area is 166 Å². The average molecular weight is 412 g/mol. The van der Waals surface area contributed by atoms with E-state index < -0.39 is 15.9 Å². The molecule has 2 amide bonds. The van der Waals surface area contributed by atoms with E-state index in [1.54, 1.807) is 9.80 Å². The summed E-state index contributed by atoms with van der Waals surface area (Å²) in [5.74, 6) is 0.646. The lowest BCUT2D eigenvalue weighted by molar-refractivity contribution is -0.124. The zero-order valence-corrected chi connectivity index (χ0v) is 17.6. The Morgan fingerprint density at radius 1 is 1.18 bits per heavy atom. The van der Waals surface area contributed by atoms with Gasteiger partial charge in [0, 0.05) is 31.1 Å². The van der Waals surface area contributed by atoms with Crippen molar-refractivity contribution >= 4 is 21.7 Å². The Bertz CT molecular complexity index is 826. The van der Waals surface area contributed by atoms with Crippen molar-refractivity contribution in [2.24, 2.45) is 0 Å². The summed E-state index contributed by atoms with van der Waals surface area (Å²) in [6.45, 7) is 6.94. The zero-order chi connectivity index (χ0) is 20.5. The normalized spacial score (nSPS) is 22.9. The second-order valence-electron chi connectivity index (χ2n) is 8.70. The number of likely N-dealkylation sites (tertiary alicyclic amines) is 1. The van der Waals surface area contributed by atoms with Crippen molar-refractivity contribution in [2.45, 2.75) is 57.9 Å². The first-order valence-corrected chi connectivity index (χ1v) is 11.6. The second-order valence-corrected chi connectivity index (χ2v) is 11.0. The number of rotatable bonds is 3. The van der Waals surface area contributed by atoms with Gasteiger partial charge in [0.2, 0.25) is 0 Å². The van der Waals surface area contributed by atoms with Crippen molar-refractivity contribution < 1.29 is 22.5 Å². The lowest BCUT2D eigenvalue weighted by atomic mass is 9.92. The van der Waals surface area contributed by atoms with Gasteiger partial charge in [-0.3, -0.25) is 4.79 Å². The first-order valence-electron chi connectivity index (χ1n) is 9.81. The van der Waals surface area contributed by atoms with Gasteiger partial charge in [-0.25, -0.2) is 13.2 Å². The number of nitrogens with zero attached hydrogens (tertiary/aromatic N) is 3. The van der Waals surface area contributed by atoms with Crippen LogP contribution in [-0.4, -0.2) is 72.4 Å². The van der Waals surface area contributed by atoms with E-state index in [0.717, 1.165) is 18.6 Å². The molecule has 0 saturated carbocycles. The highest BCUT2D eigenvalue weighted by Gasteiger charge is 2.36. The number of Topliss-reactive ketones (excluding diaryl/α,β-unsaturated/α-hetero) is 1. The molecule has 8 nitrogen and oxygen atoms in total. The van der Waals surface area contributed by atoms with Crippen LogP contribution < -0.4 is 0 Å². The highest BCUT2D eigenvalue weighted by molar-refractivity contribution is 7.91. The van der Waals surface area contributed by atoms with Gasteiger partial charge in [0.05, 0.1) is 29.7 Å². The van der Waals surface area contributed by atoms with Gasteiger partial charge >= 0.3 is 6.03 Å². The van der Waals surface area contributed by atoms with Crippen LogP contribution in [0.3, 0.4) is 0 Å². The number of carbonyl (C=O) groups excluding carboxylic acids is 2. The zero-order valence-electron chi connectivity index (χ0n) is 16.8. The standard InChI is InChI=1S/C19H29N3O5S/c1-19(2,3)17-13-14(20-27-17)12-16(23)15-6-4-5-7-22(15)18(24)21-8-10-28(25,26)11-9-21/h13,15H,4-12H2,1-3H3. The van der Waals surface area contributed by atoms with Crippen molar-refractivity contribution in [3.63, 3.8) is 0 Å². The number of ketones is 1. The summed E-state index contributed by atoms with van der Waals surface area (Å²) >= 11 is 0. The monoisotopic (exact) mass is 411 g/mol. The van der Waals surface area contributed by atoms with Gasteiger partial charge in [0.25, 0.3) is 0 Å². The predicted molar refractivity (Wildman–Crippen MR) is 104 cm³/mol. The van der Waals surface area contributed by atoms with E-state index in [1.807, 2.05) is 26.8 Å². The molecule has 9 heteroatoms. The third kappa shape index (κ3) is 4.74. The van der Waals surface area contributed by atoms with E-state index in [1.165, 1.54) is 0 Å². The maximum absolute atomic E-state index is 12.9. The molecule has 0 bridgehead atoms. The number of piperidine rings is 1. The third-order valence-corrected chi connectivity index (χ3v) is 7.00. The quantitative estimate of drug-likeness (QED) is 0.752. The SMILES string of the molecule is CC(C)(C)c1cc(CC(=O)C2CCCCN2C(=O)N2CCS(=O)(=O)CC2)no1. The summed E-state index contributed by atoms with van der Waals surface area (Å²) in [4.78, 5) is 29.1. The molecule has 2 aliphatic rings. The summed E-state index contributed by atoms with van der Waals surface area (Å²) in [6, 6.07) is 1.08. The average Bonchev–Trinajstić information content (AvgIpc) is 3.10. The molecule has 2 fully saturated rings. The highest BCUT2D eigenvalue weighted by atomic mass is 32.2. The first-order chi connectivity index (χ1) is 13.1. The molecule has 0 spiro atoms. The summed E-state index contributed by atoms with van der Waals surface area (Å²) in [6.07, 6.45) is 2.49. The van der Waals surface area contributed by atoms with Crippen LogP contribution in [-0.2, 0) is 26.5 Å². The fourth-order valence-corrected chi connectivity index (χ4v) is 4.83. The van der Waals surface area contributed by atoms with Crippen molar-refractivity contribution in [1.82, 2.24) is 15.0 Å². The minimum atomic E-state index is -3.06. The minimum absolute atomic E-state index is 0.0142. The van der Waals surface area contributed by atoms with Crippen LogP contribution in [0.15, 0.2) is 10.6 Å². The van der Waals surface area contributed by atoms with E-state index in [9.17, 15) is 18.0 Å². The number of carbonyl (C=O) groups is 2. The molecule has 2 saturated heterocycles. The third-order valence-electron chi connectivity index (χ3n) is 5.39. The molecule has 0 radical (unpaired) electrons. The van der Waals surface area contributed by atoms with E-state index in [2.05, 4.69) is 5.16 Å². The first kappa shape index (κ1) is 20.8. The molecule has 0 aromatic carbocycles. The van der Waals surface area contributed by atoms with Crippen LogP contribution in [0.1, 0.15) is 51.5 Å². The number of hydrogen-bond donors (Lipinski definition) is 0. The van der Waals surface area contributed by atoms with Gasteiger partial charge in [-0.15, -0.1) is 0 Å². The van der Waals surface area contributed by atoms with Gasteiger partial charge in [0.15, 0.2) is 15.6 Å². The van der Waals surface area contributed by atoms with Crippen LogP contribution in [0.25, 0.3) is 0 Å². The largest absolute Gasteiger partial charge is 0.361 e. The fourth-order valence-electron chi connectivity index (χ4n) is 3.63. The Morgan fingerprint density at radius 2 is 1.86 bits per heavy atom. The molecule has 3 rings (SSSR count). The van der Waals surface area contributed by atoms with Crippen LogP contribution in [0.4, 0.5) is 4.79 Å². The molecule has 2 aliphatic heterocycles. The van der Waals surface area contributed by atoms with Crippen molar-refractivity contribution in [3.8, 4) is 0 Å². The van der Waals surface area contributed by atoms with Crippen LogP contribution >= 0.6 is 0 Å². The maximum atomic E-state index is 12.9. The van der Waals surface area contributed by atoms with Crippen molar-refractivity contribution in [3.05, 3.63) is 17.5 Å². The highest BCUT2D eigenvalue weighted by Crippen LogP contribution is 2.25. The molecule has 1 aromatic rings. The maximum Gasteiger partial charge on any atom is 0.320 e. The molecule has 0 aliphatic carbocycles. The summed E-state index contributed by atoms with van der Waals surface area (Å²) in [7, 11) is -3.06. The predicted octanol–water partition coefficient (Wildman–Crippen LogP) is 1.79. The summed E-state index contributed by atoms with van der Waals surface area (Å²) in [5.41, 5.74) is 0.396. The van der Waals surface area contributed by atoms with E-state index in [0.29, 0.717) is 18.7 Å². The smallest absolute Gasteiger partial charge is 0.320 e. The molecule has 1 atom stereocenters. The molecule has 0 N–H and O–H groups in total. The van der Waals surface area contributed by atoms with Gasteiger partial charge < -0.3 is 14.3 Å². The fraction of sp³-hybridized carbons (Fsp3) is 0.737. The lowest BCUT2D eigenvalue weighted by Gasteiger charge is -2.39. The molecule has 1 aromatic heterocycles. The van der Waals surface area contributed by atoms with E-state index in [-0.39, 0.29) is 48.2 Å². The molecule has 1 unspecified atom stereocenters. The number of hydrogen-bond acceptors (Lipinski definition) is 6. The Hall–Kier alpha value is -1.90. The number of aromatic nitrogens is 1. The van der Waals surface area contributed by atoms with Gasteiger partial charge in [0.1, 0.15) is 5.76 Å². The number of sulfone groups is 1. The van der Waals surface area contributed by atoms with Crippen LogP contribution in [0, 0.1) is 0 Å². The Balaban J connectivity index is 1.68. The molecular formula is C19H29N3O5S. The van der Waals surface area contributed by atoms with E-state index >= 15 is 0 Å². The van der Waals surface area contributed by atoms with Crippen LogP contribution in [0.5, 0.6) is 0 Å². The van der Waals surface area contributed by atoms with E-state index in [4.69, 9.17) is 4.52 Å². The van der Waals surface area contributed by atoms with Gasteiger partial charge in [-0.1, -0.05) is 25.9 Å². The van der Waals surface area contributed by atoms with Crippen molar-refractivity contribution in [2.75, 3.05) is 31.1 Å². The summed E-state index contributed by atoms with van der Waals surface area (Å²) < 4.78 is 28.6. The molecule has 3 heterocycles. The molecule has 28 heavy (non-hydrogen) atoms.